The van der Waals surface area contributed by atoms with Crippen molar-refractivity contribution in [3.8, 4) is 0 Å². The number of carbonyl (C=O) groups excluding carboxylic acids is 1. The minimum absolute atomic E-state index is 0.0776. The van der Waals surface area contributed by atoms with Gasteiger partial charge in [-0.2, -0.15) is 0 Å². The molecule has 0 saturated carbocycles. The predicted molar refractivity (Wildman–Crippen MR) is 91.0 cm³/mol. The first-order valence-electron chi connectivity index (χ1n) is 7.53. The van der Waals surface area contributed by atoms with Gasteiger partial charge in [-0.25, -0.2) is 4.79 Å². The van der Waals surface area contributed by atoms with Gasteiger partial charge in [-0.3, -0.25) is 0 Å². The number of methoxy groups -OCH3 is 1. The summed E-state index contributed by atoms with van der Waals surface area (Å²) in [5.74, 6) is 0.414. The summed E-state index contributed by atoms with van der Waals surface area (Å²) in [5.41, 5.74) is 1.55. The van der Waals surface area contributed by atoms with E-state index in [1.165, 1.54) is 0 Å². The second kappa shape index (κ2) is 7.70. The fourth-order valence-corrected chi connectivity index (χ4v) is 3.23. The standard InChI is InChI=1S/C16H24ClN3O2/c1-19(2)15-13(17)7-4-8-14(15)18-16(21)20-9-5-6-12(10-20)11-22-3/h4,7-8,12H,5-6,9-11H2,1-3H3,(H,18,21)/t12-/m1/s1. The molecule has 0 bridgehead atoms. The smallest absolute Gasteiger partial charge is 0.321 e. The Labute approximate surface area is 137 Å². The Morgan fingerprint density at radius 1 is 1.50 bits per heavy atom. The number of likely N-dealkylation sites (tertiary alicyclic amines) is 1. The van der Waals surface area contributed by atoms with E-state index in [2.05, 4.69) is 5.32 Å². The van der Waals surface area contributed by atoms with Crippen molar-refractivity contribution in [2.75, 3.05) is 51.1 Å². The first-order chi connectivity index (χ1) is 10.5. The summed E-state index contributed by atoms with van der Waals surface area (Å²) in [6, 6.07) is 5.46. The summed E-state index contributed by atoms with van der Waals surface area (Å²) in [5, 5.41) is 3.61. The molecule has 0 aliphatic carbocycles. The molecule has 122 valence electrons. The number of hydrogen-bond acceptors (Lipinski definition) is 3. The third-order valence-corrected chi connectivity index (χ3v) is 4.19. The maximum atomic E-state index is 12.5. The number of anilines is 2. The Morgan fingerprint density at radius 3 is 2.95 bits per heavy atom. The molecule has 1 N–H and O–H groups in total. The minimum Gasteiger partial charge on any atom is -0.384 e. The molecule has 1 saturated heterocycles. The van der Waals surface area contributed by atoms with Crippen LogP contribution < -0.4 is 10.2 Å². The Kier molecular flexibility index (Phi) is 5.91. The second-order valence-corrected chi connectivity index (χ2v) is 6.28. The van der Waals surface area contributed by atoms with Gasteiger partial charge in [0.25, 0.3) is 0 Å². The van der Waals surface area contributed by atoms with Crippen LogP contribution in [0, 0.1) is 5.92 Å². The topological polar surface area (TPSA) is 44.8 Å². The predicted octanol–water partition coefficient (Wildman–Crippen LogP) is 3.30. The number of nitrogens with zero attached hydrogens (tertiary/aromatic N) is 2. The number of hydrogen-bond donors (Lipinski definition) is 1. The fraction of sp³-hybridized carbons (Fsp3) is 0.562. The summed E-state index contributed by atoms with van der Waals surface area (Å²) in [6.45, 7) is 2.21. The number of urea groups is 1. The number of halogens is 1. The van der Waals surface area contributed by atoms with E-state index in [9.17, 15) is 4.79 Å². The molecule has 1 aromatic rings. The lowest BCUT2D eigenvalue weighted by molar-refractivity contribution is 0.104. The Hall–Kier alpha value is -1.46. The first kappa shape index (κ1) is 16.9. The average Bonchev–Trinajstić information content (AvgIpc) is 2.47. The molecule has 6 heteroatoms. The quantitative estimate of drug-likeness (QED) is 0.923. The monoisotopic (exact) mass is 325 g/mol. The van der Waals surface area contributed by atoms with E-state index in [4.69, 9.17) is 16.3 Å². The summed E-state index contributed by atoms with van der Waals surface area (Å²) in [7, 11) is 5.52. The van der Waals surface area contributed by atoms with Gasteiger partial charge >= 0.3 is 6.03 Å². The molecule has 1 fully saturated rings. The lowest BCUT2D eigenvalue weighted by Crippen LogP contribution is -2.43. The molecule has 0 spiro atoms. The van der Waals surface area contributed by atoms with Crippen LogP contribution >= 0.6 is 11.6 Å². The van der Waals surface area contributed by atoms with Gasteiger partial charge in [-0.05, 0) is 25.0 Å². The zero-order chi connectivity index (χ0) is 16.1. The van der Waals surface area contributed by atoms with Crippen LogP contribution in [0.1, 0.15) is 12.8 Å². The largest absolute Gasteiger partial charge is 0.384 e. The molecule has 1 aliphatic rings. The van der Waals surface area contributed by atoms with Gasteiger partial charge in [-0.1, -0.05) is 17.7 Å². The number of carbonyl (C=O) groups is 1. The van der Waals surface area contributed by atoms with E-state index < -0.39 is 0 Å². The van der Waals surface area contributed by atoms with Crippen molar-refractivity contribution in [3.05, 3.63) is 23.2 Å². The molecular weight excluding hydrogens is 302 g/mol. The van der Waals surface area contributed by atoms with Crippen LogP contribution in [0.4, 0.5) is 16.2 Å². The third-order valence-electron chi connectivity index (χ3n) is 3.88. The number of piperidine rings is 1. The molecule has 1 atom stereocenters. The van der Waals surface area contributed by atoms with E-state index in [0.717, 1.165) is 37.3 Å². The number of amides is 2. The van der Waals surface area contributed by atoms with E-state index in [-0.39, 0.29) is 6.03 Å². The zero-order valence-electron chi connectivity index (χ0n) is 13.4. The molecule has 0 aromatic heterocycles. The van der Waals surface area contributed by atoms with Crippen LogP contribution in [0.2, 0.25) is 5.02 Å². The van der Waals surface area contributed by atoms with E-state index >= 15 is 0 Å². The van der Waals surface area contributed by atoms with Gasteiger partial charge in [-0.15, -0.1) is 0 Å². The van der Waals surface area contributed by atoms with Gasteiger partial charge in [0.15, 0.2) is 0 Å². The summed E-state index contributed by atoms with van der Waals surface area (Å²) < 4.78 is 5.21. The number of nitrogens with one attached hydrogen (secondary N) is 1. The molecule has 0 radical (unpaired) electrons. The number of ether oxygens (including phenoxy) is 1. The van der Waals surface area contributed by atoms with Gasteiger partial charge in [0.05, 0.1) is 23.0 Å². The van der Waals surface area contributed by atoms with E-state index in [1.807, 2.05) is 42.1 Å². The number of para-hydroxylation sites is 1. The van der Waals surface area contributed by atoms with E-state index in [1.54, 1.807) is 7.11 Å². The van der Waals surface area contributed by atoms with Crippen molar-refractivity contribution in [3.63, 3.8) is 0 Å². The minimum atomic E-state index is -0.0776. The average molecular weight is 326 g/mol. The highest BCUT2D eigenvalue weighted by Gasteiger charge is 2.24. The Balaban J connectivity index is 2.07. The highest BCUT2D eigenvalue weighted by atomic mass is 35.5. The third kappa shape index (κ3) is 4.05. The van der Waals surface area contributed by atoms with Gasteiger partial charge in [0, 0.05) is 40.2 Å². The molecule has 0 unspecified atom stereocenters. The number of rotatable bonds is 4. The Bertz CT molecular complexity index is 520. The van der Waals surface area contributed by atoms with Gasteiger partial charge in [0.2, 0.25) is 0 Å². The van der Waals surface area contributed by atoms with Crippen molar-refractivity contribution in [2.24, 2.45) is 5.92 Å². The summed E-state index contributed by atoms with van der Waals surface area (Å²) in [4.78, 5) is 16.3. The van der Waals surface area contributed by atoms with Crippen LogP contribution in [-0.2, 0) is 4.74 Å². The van der Waals surface area contributed by atoms with Crippen molar-refractivity contribution in [1.82, 2.24) is 4.90 Å². The first-order valence-corrected chi connectivity index (χ1v) is 7.91. The SMILES string of the molecule is COC[C@@H]1CCCN(C(=O)Nc2cccc(Cl)c2N(C)C)C1. The molecule has 2 amide bonds. The number of benzene rings is 1. The molecule has 1 aromatic carbocycles. The molecule has 22 heavy (non-hydrogen) atoms. The normalized spacial score (nSPS) is 18.2. The molecule has 5 nitrogen and oxygen atoms in total. The van der Waals surface area contributed by atoms with Gasteiger partial charge < -0.3 is 19.9 Å². The van der Waals surface area contributed by atoms with Crippen LogP contribution in [0.25, 0.3) is 0 Å². The maximum Gasteiger partial charge on any atom is 0.321 e. The molecule has 1 aliphatic heterocycles. The second-order valence-electron chi connectivity index (χ2n) is 5.87. The zero-order valence-corrected chi connectivity index (χ0v) is 14.2. The lowest BCUT2D eigenvalue weighted by atomic mass is 9.99. The molecule has 1 heterocycles. The van der Waals surface area contributed by atoms with Crippen molar-refractivity contribution >= 4 is 29.0 Å². The highest BCUT2D eigenvalue weighted by molar-refractivity contribution is 6.34. The van der Waals surface area contributed by atoms with Crippen molar-refractivity contribution < 1.29 is 9.53 Å². The van der Waals surface area contributed by atoms with Crippen LogP contribution in [0.3, 0.4) is 0 Å². The van der Waals surface area contributed by atoms with Crippen LogP contribution in [-0.4, -0.2) is 51.8 Å². The summed E-state index contributed by atoms with van der Waals surface area (Å²) >= 11 is 6.23. The van der Waals surface area contributed by atoms with Crippen molar-refractivity contribution in [1.29, 1.82) is 0 Å². The Morgan fingerprint density at radius 2 is 2.27 bits per heavy atom. The maximum absolute atomic E-state index is 12.5. The van der Waals surface area contributed by atoms with Gasteiger partial charge in [0.1, 0.15) is 0 Å². The molecule has 2 rings (SSSR count). The van der Waals surface area contributed by atoms with E-state index in [0.29, 0.717) is 17.5 Å². The van der Waals surface area contributed by atoms with Crippen LogP contribution in [0.5, 0.6) is 0 Å². The lowest BCUT2D eigenvalue weighted by Gasteiger charge is -2.32. The highest BCUT2D eigenvalue weighted by Crippen LogP contribution is 2.32. The van der Waals surface area contributed by atoms with Crippen LogP contribution in [0.15, 0.2) is 18.2 Å². The summed E-state index contributed by atoms with van der Waals surface area (Å²) in [6.07, 6.45) is 2.12. The van der Waals surface area contributed by atoms with Crippen molar-refractivity contribution in [2.45, 2.75) is 12.8 Å². The molecular formula is C16H24ClN3O2. The fourth-order valence-electron chi connectivity index (χ4n) is 2.89.